The molecule has 0 unspecified atom stereocenters. The number of para-hydroxylation sites is 1. The monoisotopic (exact) mass is 213 g/mol. The molecule has 0 radical (unpaired) electrons. The molecule has 16 heavy (non-hydrogen) atoms. The van der Waals surface area contributed by atoms with Crippen molar-refractivity contribution in [3.05, 3.63) is 48.2 Å². The van der Waals surface area contributed by atoms with E-state index in [0.29, 0.717) is 0 Å². The molecular weight excluding hydrogens is 194 g/mol. The maximum absolute atomic E-state index is 2.33. The zero-order valence-electron chi connectivity index (χ0n) is 10.1. The molecule has 0 bridgehead atoms. The first kappa shape index (κ1) is 11.0. The average Bonchev–Trinajstić information content (AvgIpc) is 2.72. The van der Waals surface area contributed by atoms with Crippen LogP contribution < -0.4 is 0 Å². The largest absolute Gasteiger partial charge is 0.343 e. The topological polar surface area (TPSA) is 4.93 Å². The number of benzene rings is 1. The molecule has 0 atom stereocenters. The maximum atomic E-state index is 2.33. The third kappa shape index (κ3) is 2.19. The SMILES string of the molecule is C/C=C(/CCC)Cn1ccc2ccccc21. The summed E-state index contributed by atoms with van der Waals surface area (Å²) in [6.45, 7) is 5.39. The van der Waals surface area contributed by atoms with Gasteiger partial charge in [0.2, 0.25) is 0 Å². The molecule has 0 saturated carbocycles. The van der Waals surface area contributed by atoms with Crippen molar-refractivity contribution in [2.45, 2.75) is 33.2 Å². The predicted octanol–water partition coefficient (Wildman–Crippen LogP) is 4.39. The van der Waals surface area contributed by atoms with Crippen LogP contribution in [-0.2, 0) is 6.54 Å². The smallest absolute Gasteiger partial charge is 0.0483 e. The van der Waals surface area contributed by atoms with Crippen LogP contribution >= 0.6 is 0 Å². The molecule has 0 amide bonds. The first-order valence-electron chi connectivity index (χ1n) is 6.03. The van der Waals surface area contributed by atoms with E-state index in [1.807, 2.05) is 0 Å². The Bertz CT molecular complexity index is 491. The van der Waals surface area contributed by atoms with Gasteiger partial charge < -0.3 is 4.57 Å². The fraction of sp³-hybridized carbons (Fsp3) is 0.333. The molecule has 0 fully saturated rings. The van der Waals surface area contributed by atoms with Gasteiger partial charge in [0.05, 0.1) is 0 Å². The molecule has 1 aromatic heterocycles. The van der Waals surface area contributed by atoms with Crippen LogP contribution in [0.15, 0.2) is 48.2 Å². The van der Waals surface area contributed by atoms with Crippen LogP contribution in [0.5, 0.6) is 0 Å². The molecule has 0 saturated heterocycles. The summed E-state index contributed by atoms with van der Waals surface area (Å²) in [4.78, 5) is 0. The van der Waals surface area contributed by atoms with Crippen molar-refractivity contribution in [2.24, 2.45) is 0 Å². The lowest BCUT2D eigenvalue weighted by atomic mass is 10.1. The zero-order valence-corrected chi connectivity index (χ0v) is 10.1. The van der Waals surface area contributed by atoms with Crippen molar-refractivity contribution in [3.8, 4) is 0 Å². The van der Waals surface area contributed by atoms with E-state index in [0.717, 1.165) is 6.54 Å². The molecule has 0 aliphatic carbocycles. The van der Waals surface area contributed by atoms with Crippen molar-refractivity contribution in [3.63, 3.8) is 0 Å². The van der Waals surface area contributed by atoms with E-state index in [-0.39, 0.29) is 0 Å². The minimum atomic E-state index is 1.03. The van der Waals surface area contributed by atoms with Crippen molar-refractivity contribution >= 4 is 10.9 Å². The van der Waals surface area contributed by atoms with Gasteiger partial charge in [-0.1, -0.05) is 43.2 Å². The number of allylic oxidation sites excluding steroid dienone is 2. The van der Waals surface area contributed by atoms with E-state index in [1.54, 1.807) is 0 Å². The Morgan fingerprint density at radius 3 is 2.81 bits per heavy atom. The number of hydrogen-bond acceptors (Lipinski definition) is 0. The summed E-state index contributed by atoms with van der Waals surface area (Å²) in [5.74, 6) is 0. The summed E-state index contributed by atoms with van der Waals surface area (Å²) in [6, 6.07) is 10.7. The van der Waals surface area contributed by atoms with Crippen LogP contribution in [0.1, 0.15) is 26.7 Å². The third-order valence-electron chi connectivity index (χ3n) is 3.03. The van der Waals surface area contributed by atoms with Gasteiger partial charge in [0.15, 0.2) is 0 Å². The molecule has 1 heteroatoms. The molecular formula is C15H19N. The summed E-state index contributed by atoms with van der Waals surface area (Å²) in [7, 11) is 0. The lowest BCUT2D eigenvalue weighted by Gasteiger charge is -2.08. The lowest BCUT2D eigenvalue weighted by Crippen LogP contribution is -1.99. The van der Waals surface area contributed by atoms with Gasteiger partial charge in [-0.2, -0.15) is 0 Å². The quantitative estimate of drug-likeness (QED) is 0.664. The molecule has 0 aliphatic heterocycles. The molecule has 1 aromatic carbocycles. The van der Waals surface area contributed by atoms with Gasteiger partial charge in [-0.15, -0.1) is 0 Å². The Labute approximate surface area is 97.4 Å². The second kappa shape index (κ2) is 5.02. The highest BCUT2D eigenvalue weighted by Gasteiger charge is 2.01. The summed E-state index contributed by atoms with van der Waals surface area (Å²) in [6.07, 6.45) is 6.85. The van der Waals surface area contributed by atoms with E-state index in [1.165, 1.54) is 29.3 Å². The maximum Gasteiger partial charge on any atom is 0.0483 e. The highest BCUT2D eigenvalue weighted by atomic mass is 14.9. The number of aromatic nitrogens is 1. The molecule has 1 heterocycles. The normalized spacial score (nSPS) is 12.2. The lowest BCUT2D eigenvalue weighted by molar-refractivity contribution is 0.751. The zero-order chi connectivity index (χ0) is 11.4. The molecule has 84 valence electrons. The highest BCUT2D eigenvalue weighted by molar-refractivity contribution is 5.79. The van der Waals surface area contributed by atoms with Gasteiger partial charge in [0.1, 0.15) is 0 Å². The van der Waals surface area contributed by atoms with Gasteiger partial charge >= 0.3 is 0 Å². The van der Waals surface area contributed by atoms with Crippen LogP contribution in [0.2, 0.25) is 0 Å². The van der Waals surface area contributed by atoms with Gasteiger partial charge in [0, 0.05) is 18.3 Å². The Balaban J connectivity index is 2.27. The number of nitrogens with zero attached hydrogens (tertiary/aromatic N) is 1. The van der Waals surface area contributed by atoms with Gasteiger partial charge in [-0.3, -0.25) is 0 Å². The van der Waals surface area contributed by atoms with Gasteiger partial charge in [0.25, 0.3) is 0 Å². The highest BCUT2D eigenvalue weighted by Crippen LogP contribution is 2.17. The summed E-state index contributed by atoms with van der Waals surface area (Å²) in [5.41, 5.74) is 2.85. The fourth-order valence-electron chi connectivity index (χ4n) is 2.13. The number of fused-ring (bicyclic) bond motifs is 1. The van der Waals surface area contributed by atoms with E-state index in [2.05, 4.69) is 61.0 Å². The second-order valence-electron chi connectivity index (χ2n) is 4.20. The van der Waals surface area contributed by atoms with Crippen LogP contribution in [0.25, 0.3) is 10.9 Å². The summed E-state index contributed by atoms with van der Waals surface area (Å²) < 4.78 is 2.33. The molecule has 0 aliphatic rings. The van der Waals surface area contributed by atoms with Gasteiger partial charge in [-0.05, 0) is 30.9 Å². The van der Waals surface area contributed by atoms with E-state index < -0.39 is 0 Å². The van der Waals surface area contributed by atoms with Crippen LogP contribution in [0.4, 0.5) is 0 Å². The number of rotatable bonds is 4. The van der Waals surface area contributed by atoms with E-state index >= 15 is 0 Å². The molecule has 2 aromatic rings. The van der Waals surface area contributed by atoms with Crippen molar-refractivity contribution in [1.82, 2.24) is 4.57 Å². The first-order valence-corrected chi connectivity index (χ1v) is 6.03. The van der Waals surface area contributed by atoms with Crippen molar-refractivity contribution in [2.75, 3.05) is 0 Å². The van der Waals surface area contributed by atoms with Crippen molar-refractivity contribution < 1.29 is 0 Å². The molecule has 2 rings (SSSR count). The molecule has 0 N–H and O–H groups in total. The van der Waals surface area contributed by atoms with Crippen LogP contribution in [-0.4, -0.2) is 4.57 Å². The summed E-state index contributed by atoms with van der Waals surface area (Å²) >= 11 is 0. The van der Waals surface area contributed by atoms with E-state index in [9.17, 15) is 0 Å². The molecule has 1 nitrogen and oxygen atoms in total. The Morgan fingerprint density at radius 1 is 1.25 bits per heavy atom. The molecule has 0 spiro atoms. The minimum Gasteiger partial charge on any atom is -0.343 e. The Kier molecular flexibility index (Phi) is 3.45. The summed E-state index contributed by atoms with van der Waals surface area (Å²) in [5, 5.41) is 1.33. The second-order valence-corrected chi connectivity index (χ2v) is 4.20. The first-order chi connectivity index (χ1) is 7.85. The Hall–Kier alpha value is -1.50. The van der Waals surface area contributed by atoms with E-state index in [4.69, 9.17) is 0 Å². The Morgan fingerprint density at radius 2 is 2.06 bits per heavy atom. The average molecular weight is 213 g/mol. The standard InChI is InChI=1S/C15H19N/c1-3-7-13(4-2)12-16-11-10-14-8-5-6-9-15(14)16/h4-6,8-11H,3,7,12H2,1-2H3/b13-4-. The van der Waals surface area contributed by atoms with Crippen molar-refractivity contribution in [1.29, 1.82) is 0 Å². The van der Waals surface area contributed by atoms with Crippen LogP contribution in [0, 0.1) is 0 Å². The third-order valence-corrected chi connectivity index (χ3v) is 3.03. The predicted molar refractivity (Wildman–Crippen MR) is 70.6 cm³/mol. The minimum absolute atomic E-state index is 1.03. The fourth-order valence-corrected chi connectivity index (χ4v) is 2.13. The van der Waals surface area contributed by atoms with Gasteiger partial charge in [-0.25, -0.2) is 0 Å². The van der Waals surface area contributed by atoms with Crippen LogP contribution in [0.3, 0.4) is 0 Å². The number of hydrogen-bond donors (Lipinski definition) is 0.